The Balaban J connectivity index is 3.56. The van der Waals surface area contributed by atoms with Crippen molar-refractivity contribution in [3.05, 3.63) is 29.1 Å². The average molecular weight is 260 g/mol. The van der Waals surface area contributed by atoms with Crippen LogP contribution in [0.15, 0.2) is 17.0 Å². The van der Waals surface area contributed by atoms with Gasteiger partial charge in [0.2, 0.25) is 0 Å². The molecule has 0 aliphatic heterocycles. The van der Waals surface area contributed by atoms with Crippen molar-refractivity contribution in [3.63, 3.8) is 0 Å². The number of carbonyl (C=O) groups is 1. The second-order valence-corrected chi connectivity index (χ2v) is 5.71. The topological polar surface area (TPSA) is 71.4 Å². The van der Waals surface area contributed by atoms with Crippen LogP contribution < -0.4 is 0 Å². The van der Waals surface area contributed by atoms with Crippen molar-refractivity contribution in [3.8, 4) is 0 Å². The fourth-order valence-electron chi connectivity index (χ4n) is 1.54. The van der Waals surface area contributed by atoms with Gasteiger partial charge in [0.25, 0.3) is 0 Å². The molecule has 1 aromatic carbocycles. The Kier molecular flexibility index (Phi) is 3.87. The molecule has 0 saturated heterocycles. The molecule has 4 nitrogen and oxygen atoms in total. The van der Waals surface area contributed by atoms with E-state index in [4.69, 9.17) is 5.11 Å². The molecule has 0 heterocycles. The molecule has 0 unspecified atom stereocenters. The van der Waals surface area contributed by atoms with E-state index in [9.17, 15) is 17.6 Å². The smallest absolute Gasteiger partial charge is 0.336 e. The summed E-state index contributed by atoms with van der Waals surface area (Å²) in [5.74, 6) is -2.44. The lowest BCUT2D eigenvalue weighted by atomic mass is 10.0. The Morgan fingerprint density at radius 1 is 1.35 bits per heavy atom. The first kappa shape index (κ1) is 13.6. The maximum absolute atomic E-state index is 13.9. The lowest BCUT2D eigenvalue weighted by Gasteiger charge is -2.09. The number of aromatic carboxylic acids is 1. The SMILES string of the molecule is CCc1c(C(=O)O)ccc(S(=O)(=O)CC)c1F. The van der Waals surface area contributed by atoms with Crippen LogP contribution in [-0.2, 0) is 16.3 Å². The molecular formula is C11H13FO4S. The highest BCUT2D eigenvalue weighted by Gasteiger charge is 2.23. The quantitative estimate of drug-likeness (QED) is 0.897. The van der Waals surface area contributed by atoms with E-state index in [0.29, 0.717) is 0 Å². The first-order valence-electron chi connectivity index (χ1n) is 5.12. The number of carboxylic acids is 1. The summed E-state index contributed by atoms with van der Waals surface area (Å²) >= 11 is 0. The van der Waals surface area contributed by atoms with Crippen LogP contribution in [0, 0.1) is 5.82 Å². The molecule has 0 atom stereocenters. The molecule has 1 rings (SSSR count). The van der Waals surface area contributed by atoms with Gasteiger partial charge in [-0.3, -0.25) is 0 Å². The van der Waals surface area contributed by atoms with Gasteiger partial charge >= 0.3 is 5.97 Å². The molecule has 17 heavy (non-hydrogen) atoms. The maximum Gasteiger partial charge on any atom is 0.336 e. The van der Waals surface area contributed by atoms with Crippen LogP contribution >= 0.6 is 0 Å². The van der Waals surface area contributed by atoms with Crippen molar-refractivity contribution in [1.29, 1.82) is 0 Å². The number of hydrogen-bond acceptors (Lipinski definition) is 3. The fraction of sp³-hybridized carbons (Fsp3) is 0.364. The van der Waals surface area contributed by atoms with Gasteiger partial charge in [0.1, 0.15) is 10.7 Å². The molecule has 0 aliphatic rings. The van der Waals surface area contributed by atoms with Gasteiger partial charge in [-0.2, -0.15) is 0 Å². The predicted molar refractivity (Wildman–Crippen MR) is 60.5 cm³/mol. The fourth-order valence-corrected chi connectivity index (χ4v) is 2.52. The molecule has 0 aromatic heterocycles. The molecule has 0 saturated carbocycles. The van der Waals surface area contributed by atoms with E-state index < -0.39 is 26.5 Å². The minimum Gasteiger partial charge on any atom is -0.478 e. The van der Waals surface area contributed by atoms with Crippen molar-refractivity contribution >= 4 is 15.8 Å². The van der Waals surface area contributed by atoms with E-state index in [1.54, 1.807) is 6.92 Å². The minimum atomic E-state index is -3.67. The number of carboxylic acid groups (broad SMARTS) is 1. The largest absolute Gasteiger partial charge is 0.478 e. The van der Waals surface area contributed by atoms with E-state index in [0.717, 1.165) is 12.1 Å². The van der Waals surface area contributed by atoms with Crippen molar-refractivity contribution in [1.82, 2.24) is 0 Å². The predicted octanol–water partition coefficient (Wildman–Crippen LogP) is 1.88. The van der Waals surface area contributed by atoms with Crippen LogP contribution in [0.25, 0.3) is 0 Å². The molecule has 0 bridgehead atoms. The number of rotatable bonds is 4. The van der Waals surface area contributed by atoms with Crippen LogP contribution in [0.5, 0.6) is 0 Å². The van der Waals surface area contributed by atoms with Gasteiger partial charge in [0.05, 0.1) is 11.3 Å². The van der Waals surface area contributed by atoms with Crippen LogP contribution in [0.2, 0.25) is 0 Å². The maximum atomic E-state index is 13.9. The standard InChI is InChI=1S/C11H13FO4S/c1-3-7-8(11(13)14)5-6-9(10(7)12)17(15,16)4-2/h5-6H,3-4H2,1-2H3,(H,13,14). The Hall–Kier alpha value is -1.43. The van der Waals surface area contributed by atoms with Gasteiger partial charge in [-0.25, -0.2) is 17.6 Å². The molecule has 1 N–H and O–H groups in total. The summed E-state index contributed by atoms with van der Waals surface area (Å²) in [6.45, 7) is 2.98. The van der Waals surface area contributed by atoms with Gasteiger partial charge in [-0.1, -0.05) is 13.8 Å². The monoisotopic (exact) mass is 260 g/mol. The first-order chi connectivity index (χ1) is 7.85. The highest BCUT2D eigenvalue weighted by molar-refractivity contribution is 7.91. The van der Waals surface area contributed by atoms with E-state index in [1.807, 2.05) is 0 Å². The second-order valence-electron chi connectivity index (χ2n) is 3.47. The van der Waals surface area contributed by atoms with E-state index >= 15 is 0 Å². The number of halogens is 1. The van der Waals surface area contributed by atoms with E-state index in [1.165, 1.54) is 6.92 Å². The Morgan fingerprint density at radius 3 is 2.35 bits per heavy atom. The summed E-state index contributed by atoms with van der Waals surface area (Å²) < 4.78 is 37.1. The minimum absolute atomic E-state index is 0.0768. The summed E-state index contributed by atoms with van der Waals surface area (Å²) in [6.07, 6.45) is 0.126. The number of benzene rings is 1. The summed E-state index contributed by atoms with van der Waals surface area (Å²) in [7, 11) is -3.67. The van der Waals surface area contributed by atoms with Crippen LogP contribution in [0.1, 0.15) is 29.8 Å². The van der Waals surface area contributed by atoms with Gasteiger partial charge in [-0.05, 0) is 18.6 Å². The third-order valence-corrected chi connectivity index (χ3v) is 4.25. The highest BCUT2D eigenvalue weighted by atomic mass is 32.2. The summed E-state index contributed by atoms with van der Waals surface area (Å²) in [5, 5.41) is 8.86. The third kappa shape index (κ3) is 2.46. The third-order valence-electron chi connectivity index (χ3n) is 2.51. The molecule has 94 valence electrons. The molecule has 0 fully saturated rings. The summed E-state index contributed by atoms with van der Waals surface area (Å²) in [6, 6.07) is 2.14. The van der Waals surface area contributed by atoms with Crippen molar-refractivity contribution in [2.75, 3.05) is 5.75 Å². The zero-order chi connectivity index (χ0) is 13.2. The van der Waals surface area contributed by atoms with Crippen molar-refractivity contribution in [2.24, 2.45) is 0 Å². The molecule has 0 aliphatic carbocycles. The molecule has 6 heteroatoms. The number of sulfone groups is 1. The van der Waals surface area contributed by atoms with Crippen LogP contribution in [-0.4, -0.2) is 25.2 Å². The van der Waals surface area contributed by atoms with Gasteiger partial charge in [0, 0.05) is 5.56 Å². The molecule has 0 radical (unpaired) electrons. The van der Waals surface area contributed by atoms with Crippen LogP contribution in [0.4, 0.5) is 4.39 Å². The summed E-state index contributed by atoms with van der Waals surface area (Å²) in [5.41, 5.74) is -0.271. The Morgan fingerprint density at radius 2 is 1.94 bits per heavy atom. The number of hydrogen-bond donors (Lipinski definition) is 1. The Bertz CT molecular complexity index is 549. The molecular weight excluding hydrogens is 247 g/mol. The zero-order valence-electron chi connectivity index (χ0n) is 9.53. The van der Waals surface area contributed by atoms with Gasteiger partial charge in [-0.15, -0.1) is 0 Å². The zero-order valence-corrected chi connectivity index (χ0v) is 10.3. The van der Waals surface area contributed by atoms with E-state index in [-0.39, 0.29) is 23.3 Å². The molecule has 0 spiro atoms. The first-order valence-corrected chi connectivity index (χ1v) is 6.77. The lowest BCUT2D eigenvalue weighted by Crippen LogP contribution is -2.11. The summed E-state index contributed by atoms with van der Waals surface area (Å²) in [4.78, 5) is 10.4. The van der Waals surface area contributed by atoms with Crippen LogP contribution in [0.3, 0.4) is 0 Å². The van der Waals surface area contributed by atoms with Gasteiger partial charge < -0.3 is 5.11 Å². The normalized spacial score (nSPS) is 11.5. The van der Waals surface area contributed by atoms with Gasteiger partial charge in [0.15, 0.2) is 9.84 Å². The highest BCUT2D eigenvalue weighted by Crippen LogP contribution is 2.23. The average Bonchev–Trinajstić information content (AvgIpc) is 2.27. The van der Waals surface area contributed by atoms with Crippen molar-refractivity contribution < 1.29 is 22.7 Å². The lowest BCUT2D eigenvalue weighted by molar-refractivity contribution is 0.0695. The van der Waals surface area contributed by atoms with E-state index in [2.05, 4.69) is 0 Å². The Labute approximate surface area is 99.0 Å². The van der Waals surface area contributed by atoms with Crippen molar-refractivity contribution in [2.45, 2.75) is 25.2 Å². The molecule has 1 aromatic rings. The second kappa shape index (κ2) is 4.83. The molecule has 0 amide bonds.